The number of fused-ring (bicyclic) bond motifs is 1. The van der Waals surface area contributed by atoms with Gasteiger partial charge in [0.1, 0.15) is 4.90 Å². The van der Waals surface area contributed by atoms with Crippen LogP contribution in [0.3, 0.4) is 0 Å². The molecular formula is C13H15ClN2O4S. The summed E-state index contributed by atoms with van der Waals surface area (Å²) in [6.07, 6.45) is 3.26. The third-order valence-corrected chi connectivity index (χ3v) is 6.75. The van der Waals surface area contributed by atoms with Crippen molar-refractivity contribution >= 4 is 27.3 Å². The van der Waals surface area contributed by atoms with E-state index in [1.54, 1.807) is 0 Å². The van der Waals surface area contributed by atoms with Crippen molar-refractivity contribution in [3.63, 3.8) is 0 Å². The smallest absolute Gasteiger partial charge is 0.258 e. The van der Waals surface area contributed by atoms with Crippen LogP contribution < -0.4 is 0 Å². The topological polar surface area (TPSA) is 80.5 Å². The average Bonchev–Trinajstić information content (AvgIpc) is 2.99. The monoisotopic (exact) mass is 330 g/mol. The van der Waals surface area contributed by atoms with Crippen molar-refractivity contribution in [2.24, 2.45) is 11.8 Å². The number of nitro benzene ring substituents is 1. The zero-order chi connectivity index (χ0) is 15.2. The van der Waals surface area contributed by atoms with Gasteiger partial charge in [0.25, 0.3) is 5.69 Å². The van der Waals surface area contributed by atoms with Crippen molar-refractivity contribution in [3.8, 4) is 0 Å². The molecule has 0 N–H and O–H groups in total. The Labute approximate surface area is 127 Å². The van der Waals surface area contributed by atoms with Crippen LogP contribution in [0.4, 0.5) is 5.69 Å². The van der Waals surface area contributed by atoms with E-state index < -0.39 is 14.9 Å². The minimum Gasteiger partial charge on any atom is -0.258 e. The van der Waals surface area contributed by atoms with Crippen molar-refractivity contribution in [1.29, 1.82) is 0 Å². The summed E-state index contributed by atoms with van der Waals surface area (Å²) >= 11 is 5.96. The molecule has 0 radical (unpaired) electrons. The maximum absolute atomic E-state index is 12.7. The number of rotatable bonds is 3. The summed E-state index contributed by atoms with van der Waals surface area (Å²) in [5.41, 5.74) is -0.266. The molecule has 2 unspecified atom stereocenters. The number of halogens is 1. The molecule has 0 spiro atoms. The first-order chi connectivity index (χ1) is 9.89. The summed E-state index contributed by atoms with van der Waals surface area (Å²) in [5, 5.41) is 10.9. The zero-order valence-corrected chi connectivity index (χ0v) is 12.8. The molecule has 8 heteroatoms. The molecule has 2 aliphatic rings. The molecule has 0 aromatic heterocycles. The maximum atomic E-state index is 12.7. The third-order valence-electron chi connectivity index (χ3n) is 4.44. The molecule has 114 valence electrons. The van der Waals surface area contributed by atoms with Crippen LogP contribution in [0, 0.1) is 22.0 Å². The fraction of sp³-hybridized carbons (Fsp3) is 0.538. The normalized spacial score (nSPS) is 26.0. The Bertz CT molecular complexity index is 679. The van der Waals surface area contributed by atoms with Gasteiger partial charge < -0.3 is 0 Å². The fourth-order valence-electron chi connectivity index (χ4n) is 3.33. The Morgan fingerprint density at radius 1 is 1.24 bits per heavy atom. The minimum absolute atomic E-state index is 0.0256. The Balaban J connectivity index is 1.95. The maximum Gasteiger partial charge on any atom is 0.270 e. The number of nitrogens with zero attached hydrogens (tertiary/aromatic N) is 2. The van der Waals surface area contributed by atoms with Crippen LogP contribution in [0.25, 0.3) is 0 Å². The van der Waals surface area contributed by atoms with Gasteiger partial charge in [-0.25, -0.2) is 8.42 Å². The summed E-state index contributed by atoms with van der Waals surface area (Å²) < 4.78 is 26.8. The van der Waals surface area contributed by atoms with Crippen molar-refractivity contribution in [1.82, 2.24) is 4.31 Å². The first-order valence-corrected chi connectivity index (χ1v) is 8.65. The van der Waals surface area contributed by atoms with Gasteiger partial charge in [0.2, 0.25) is 10.0 Å². The van der Waals surface area contributed by atoms with E-state index in [-0.39, 0.29) is 15.6 Å². The number of sulfonamides is 1. The lowest BCUT2D eigenvalue weighted by atomic mass is 10.0. The standard InChI is InChI=1S/C13H15ClN2O4S/c14-12-5-4-11(16(17)18)6-13(12)21(19,20)15-7-9-2-1-3-10(9)8-15/h4-6,9-10H,1-3,7-8H2. The molecule has 1 saturated heterocycles. The van der Waals surface area contributed by atoms with E-state index in [2.05, 4.69) is 0 Å². The molecule has 1 saturated carbocycles. The van der Waals surface area contributed by atoms with E-state index >= 15 is 0 Å². The SMILES string of the molecule is O=[N+]([O-])c1ccc(Cl)c(S(=O)(=O)N2CC3CCCC3C2)c1. The highest BCUT2D eigenvalue weighted by Gasteiger charge is 2.42. The first kappa shape index (κ1) is 14.7. The second-order valence-electron chi connectivity index (χ2n) is 5.64. The lowest BCUT2D eigenvalue weighted by molar-refractivity contribution is -0.385. The molecule has 1 aromatic carbocycles. The van der Waals surface area contributed by atoms with Crippen molar-refractivity contribution in [2.45, 2.75) is 24.2 Å². The van der Waals surface area contributed by atoms with E-state index in [0.717, 1.165) is 25.3 Å². The Kier molecular flexibility index (Phi) is 3.67. The molecule has 1 aromatic rings. The molecule has 2 fully saturated rings. The van der Waals surface area contributed by atoms with Crippen molar-refractivity contribution < 1.29 is 13.3 Å². The van der Waals surface area contributed by atoms with Crippen molar-refractivity contribution in [3.05, 3.63) is 33.3 Å². The second kappa shape index (κ2) is 5.23. The van der Waals surface area contributed by atoms with E-state index in [1.807, 2.05) is 0 Å². The number of hydrogen-bond acceptors (Lipinski definition) is 4. The number of non-ortho nitro benzene ring substituents is 1. The lowest BCUT2D eigenvalue weighted by Gasteiger charge is -2.18. The molecule has 2 atom stereocenters. The largest absolute Gasteiger partial charge is 0.270 e. The molecule has 1 heterocycles. The summed E-state index contributed by atoms with van der Waals surface area (Å²) in [7, 11) is -3.77. The van der Waals surface area contributed by atoms with Crippen LogP contribution in [0.2, 0.25) is 5.02 Å². The van der Waals surface area contributed by atoms with Crippen LogP contribution >= 0.6 is 11.6 Å². The lowest BCUT2D eigenvalue weighted by Crippen LogP contribution is -2.30. The average molecular weight is 331 g/mol. The van der Waals surface area contributed by atoms with Gasteiger partial charge in [-0.05, 0) is 30.7 Å². The quantitative estimate of drug-likeness (QED) is 0.630. The summed E-state index contributed by atoms with van der Waals surface area (Å²) in [5.74, 6) is 0.828. The minimum atomic E-state index is -3.77. The van der Waals surface area contributed by atoms with Gasteiger partial charge >= 0.3 is 0 Å². The summed E-state index contributed by atoms with van der Waals surface area (Å²) in [6, 6.07) is 3.52. The zero-order valence-electron chi connectivity index (χ0n) is 11.2. The predicted octanol–water partition coefficient (Wildman–Crippen LogP) is 2.67. The van der Waals surface area contributed by atoms with Gasteiger partial charge in [-0.3, -0.25) is 10.1 Å². The van der Waals surface area contributed by atoms with Gasteiger partial charge in [-0.2, -0.15) is 4.31 Å². The molecule has 0 amide bonds. The number of benzene rings is 1. The van der Waals surface area contributed by atoms with E-state index in [1.165, 1.54) is 16.4 Å². The fourth-order valence-corrected chi connectivity index (χ4v) is 5.38. The van der Waals surface area contributed by atoms with Crippen LogP contribution in [0.1, 0.15) is 19.3 Å². The van der Waals surface area contributed by atoms with E-state index in [9.17, 15) is 18.5 Å². The van der Waals surface area contributed by atoms with Crippen LogP contribution in [0.15, 0.2) is 23.1 Å². The highest BCUT2D eigenvalue weighted by molar-refractivity contribution is 7.89. The molecule has 21 heavy (non-hydrogen) atoms. The van der Waals surface area contributed by atoms with Gasteiger partial charge in [-0.1, -0.05) is 18.0 Å². The third kappa shape index (κ3) is 2.54. The van der Waals surface area contributed by atoms with Crippen LogP contribution in [-0.4, -0.2) is 30.7 Å². The van der Waals surface area contributed by atoms with Crippen LogP contribution in [0.5, 0.6) is 0 Å². The highest BCUT2D eigenvalue weighted by atomic mass is 35.5. The van der Waals surface area contributed by atoms with Gasteiger partial charge in [0.15, 0.2) is 0 Å². The van der Waals surface area contributed by atoms with Gasteiger partial charge in [-0.15, -0.1) is 0 Å². The van der Waals surface area contributed by atoms with E-state index in [0.29, 0.717) is 24.9 Å². The Morgan fingerprint density at radius 2 is 1.86 bits per heavy atom. The van der Waals surface area contributed by atoms with E-state index in [4.69, 9.17) is 11.6 Å². The number of nitro groups is 1. The number of hydrogen-bond donors (Lipinski definition) is 0. The van der Waals surface area contributed by atoms with Crippen molar-refractivity contribution in [2.75, 3.05) is 13.1 Å². The van der Waals surface area contributed by atoms with Crippen LogP contribution in [-0.2, 0) is 10.0 Å². The molecule has 1 aliphatic carbocycles. The predicted molar refractivity (Wildman–Crippen MR) is 77.7 cm³/mol. The first-order valence-electron chi connectivity index (χ1n) is 6.83. The summed E-state index contributed by atoms with van der Waals surface area (Å²) in [4.78, 5) is 10.0. The Morgan fingerprint density at radius 3 is 2.43 bits per heavy atom. The van der Waals surface area contributed by atoms with Gasteiger partial charge in [0, 0.05) is 25.2 Å². The summed E-state index contributed by atoms with van der Waals surface area (Å²) in [6.45, 7) is 0.984. The molecule has 1 aliphatic heterocycles. The highest BCUT2D eigenvalue weighted by Crippen LogP contribution is 2.40. The Hall–Kier alpha value is -1.18. The van der Waals surface area contributed by atoms with Gasteiger partial charge in [0.05, 0.1) is 9.95 Å². The molecular weight excluding hydrogens is 316 g/mol. The second-order valence-corrected chi connectivity index (χ2v) is 7.96. The molecule has 6 nitrogen and oxygen atoms in total. The molecule has 0 bridgehead atoms. The molecule has 3 rings (SSSR count).